The van der Waals surface area contributed by atoms with Crippen LogP contribution in [0.15, 0.2) is 18.2 Å². The van der Waals surface area contributed by atoms with Crippen LogP contribution >= 0.6 is 0 Å². The molecular formula is C15H19F2N3O2. The largest absolute Gasteiger partial charge is 0.356 e. The first-order valence-electron chi connectivity index (χ1n) is 7.20. The fourth-order valence-electron chi connectivity index (χ4n) is 2.44. The summed E-state index contributed by atoms with van der Waals surface area (Å²) in [7, 11) is 1.83. The van der Waals surface area contributed by atoms with Crippen LogP contribution < -0.4 is 15.5 Å². The second-order valence-electron chi connectivity index (χ2n) is 5.25. The summed E-state index contributed by atoms with van der Waals surface area (Å²) in [5.41, 5.74) is 0.0110. The Morgan fingerprint density at radius 3 is 2.82 bits per heavy atom. The van der Waals surface area contributed by atoms with Gasteiger partial charge in [0.25, 0.3) is 0 Å². The van der Waals surface area contributed by atoms with E-state index in [1.807, 2.05) is 7.05 Å². The number of hydrogen-bond donors (Lipinski definition) is 2. The number of nitrogens with one attached hydrogen (secondary N) is 2. The third kappa shape index (κ3) is 3.79. The molecule has 0 bridgehead atoms. The fraction of sp³-hybridized carbons (Fsp3) is 0.467. The minimum Gasteiger partial charge on any atom is -0.356 e. The smallest absolute Gasteiger partial charge is 0.227 e. The third-order valence-electron chi connectivity index (χ3n) is 3.60. The Morgan fingerprint density at radius 2 is 2.14 bits per heavy atom. The Morgan fingerprint density at radius 1 is 1.36 bits per heavy atom. The molecule has 1 aliphatic rings. The molecule has 0 radical (unpaired) electrons. The monoisotopic (exact) mass is 311 g/mol. The van der Waals surface area contributed by atoms with Crippen molar-refractivity contribution in [3.8, 4) is 0 Å². The zero-order chi connectivity index (χ0) is 16.1. The molecule has 120 valence electrons. The predicted molar refractivity (Wildman–Crippen MR) is 78.4 cm³/mol. The molecule has 2 rings (SSSR count). The van der Waals surface area contributed by atoms with Crippen LogP contribution in [0, 0.1) is 17.6 Å². The van der Waals surface area contributed by atoms with Crippen molar-refractivity contribution in [3.05, 3.63) is 29.8 Å². The number of carbonyl (C=O) groups excluding carboxylic acids is 2. The van der Waals surface area contributed by atoms with Gasteiger partial charge in [-0.1, -0.05) is 0 Å². The van der Waals surface area contributed by atoms with Crippen LogP contribution in [-0.2, 0) is 9.59 Å². The first-order valence-corrected chi connectivity index (χ1v) is 7.20. The lowest BCUT2D eigenvalue weighted by Gasteiger charge is -2.17. The van der Waals surface area contributed by atoms with Crippen molar-refractivity contribution in [2.45, 2.75) is 12.8 Å². The van der Waals surface area contributed by atoms with Crippen LogP contribution in [-0.4, -0.2) is 38.5 Å². The van der Waals surface area contributed by atoms with Gasteiger partial charge < -0.3 is 15.5 Å². The van der Waals surface area contributed by atoms with Gasteiger partial charge in [0.15, 0.2) is 0 Å². The Kier molecular flexibility index (Phi) is 5.43. The van der Waals surface area contributed by atoms with Gasteiger partial charge in [-0.2, -0.15) is 0 Å². The van der Waals surface area contributed by atoms with E-state index in [9.17, 15) is 18.4 Å². The van der Waals surface area contributed by atoms with Gasteiger partial charge in [-0.15, -0.1) is 0 Å². The number of rotatable bonds is 6. The average Bonchev–Trinajstić information content (AvgIpc) is 2.85. The van der Waals surface area contributed by atoms with Crippen molar-refractivity contribution < 1.29 is 18.4 Å². The topological polar surface area (TPSA) is 61.4 Å². The number of hydrogen-bond acceptors (Lipinski definition) is 3. The van der Waals surface area contributed by atoms with Crippen LogP contribution in [0.2, 0.25) is 0 Å². The van der Waals surface area contributed by atoms with Crippen molar-refractivity contribution in [2.24, 2.45) is 5.92 Å². The van der Waals surface area contributed by atoms with Gasteiger partial charge in [-0.3, -0.25) is 9.59 Å². The molecule has 2 N–H and O–H groups in total. The number of anilines is 1. The highest BCUT2D eigenvalue weighted by Crippen LogP contribution is 2.27. The van der Waals surface area contributed by atoms with Crippen molar-refractivity contribution in [3.63, 3.8) is 0 Å². The van der Waals surface area contributed by atoms with E-state index >= 15 is 0 Å². The van der Waals surface area contributed by atoms with E-state index in [0.29, 0.717) is 6.54 Å². The highest BCUT2D eigenvalue weighted by Gasteiger charge is 2.36. The summed E-state index contributed by atoms with van der Waals surface area (Å²) < 4.78 is 26.7. The molecule has 0 aliphatic carbocycles. The summed E-state index contributed by atoms with van der Waals surface area (Å²) in [6.07, 6.45) is 0.827. The first kappa shape index (κ1) is 16.4. The maximum Gasteiger partial charge on any atom is 0.227 e. The van der Waals surface area contributed by atoms with E-state index in [1.165, 1.54) is 11.0 Å². The van der Waals surface area contributed by atoms with Crippen molar-refractivity contribution >= 4 is 17.5 Å². The standard InChI is InChI=1S/C15H19F2N3O2/c1-18-5-2-6-19-15(22)10-7-14(21)20(9-10)13-4-3-11(16)8-12(13)17/h3-4,8,10,18H,2,5-7,9H2,1H3,(H,19,22). The minimum atomic E-state index is -0.802. The maximum atomic E-state index is 13.7. The summed E-state index contributed by atoms with van der Waals surface area (Å²) >= 11 is 0. The van der Waals surface area contributed by atoms with Gasteiger partial charge in [0.1, 0.15) is 11.6 Å². The van der Waals surface area contributed by atoms with Crippen molar-refractivity contribution in [1.82, 2.24) is 10.6 Å². The van der Waals surface area contributed by atoms with Gasteiger partial charge in [0.2, 0.25) is 11.8 Å². The zero-order valence-corrected chi connectivity index (χ0v) is 12.4. The summed E-state index contributed by atoms with van der Waals surface area (Å²) in [6, 6.07) is 3.04. The Labute approximate surface area is 127 Å². The van der Waals surface area contributed by atoms with E-state index in [-0.39, 0.29) is 30.5 Å². The average molecular weight is 311 g/mol. The van der Waals surface area contributed by atoms with Crippen LogP contribution in [0.4, 0.5) is 14.5 Å². The second-order valence-corrected chi connectivity index (χ2v) is 5.25. The molecule has 0 aromatic heterocycles. The molecule has 1 heterocycles. The molecule has 5 nitrogen and oxygen atoms in total. The number of benzene rings is 1. The van der Waals surface area contributed by atoms with Gasteiger partial charge >= 0.3 is 0 Å². The molecule has 1 unspecified atom stereocenters. The lowest BCUT2D eigenvalue weighted by molar-refractivity contribution is -0.126. The molecule has 1 aromatic rings. The molecule has 1 atom stereocenters. The summed E-state index contributed by atoms with van der Waals surface area (Å²) in [4.78, 5) is 25.2. The van der Waals surface area contributed by atoms with Gasteiger partial charge in [0.05, 0.1) is 11.6 Å². The SMILES string of the molecule is CNCCCNC(=O)C1CC(=O)N(c2ccc(F)cc2F)C1. The molecule has 0 saturated carbocycles. The van der Waals surface area contributed by atoms with Crippen molar-refractivity contribution in [2.75, 3.05) is 31.6 Å². The minimum absolute atomic E-state index is 0.0110. The molecule has 0 spiro atoms. The van der Waals surface area contributed by atoms with Crippen LogP contribution in [0.25, 0.3) is 0 Å². The number of halogens is 2. The van der Waals surface area contributed by atoms with E-state index < -0.39 is 17.6 Å². The Bertz CT molecular complexity index is 566. The summed E-state index contributed by atoms with van der Waals surface area (Å²) in [5, 5.41) is 5.74. The maximum absolute atomic E-state index is 13.7. The Hall–Kier alpha value is -2.02. The zero-order valence-electron chi connectivity index (χ0n) is 12.4. The third-order valence-corrected chi connectivity index (χ3v) is 3.60. The molecule has 1 saturated heterocycles. The summed E-state index contributed by atoms with van der Waals surface area (Å²) in [5.74, 6) is -2.56. The number of carbonyl (C=O) groups is 2. The Balaban J connectivity index is 1.97. The van der Waals surface area contributed by atoms with E-state index in [4.69, 9.17) is 0 Å². The molecular weight excluding hydrogens is 292 g/mol. The van der Waals surface area contributed by atoms with Gasteiger partial charge in [-0.25, -0.2) is 8.78 Å². The molecule has 22 heavy (non-hydrogen) atoms. The van der Waals surface area contributed by atoms with E-state index in [0.717, 1.165) is 25.1 Å². The van der Waals surface area contributed by atoms with E-state index in [1.54, 1.807) is 0 Å². The van der Waals surface area contributed by atoms with E-state index in [2.05, 4.69) is 10.6 Å². The van der Waals surface area contributed by atoms with Crippen LogP contribution in [0.5, 0.6) is 0 Å². The van der Waals surface area contributed by atoms with Crippen molar-refractivity contribution in [1.29, 1.82) is 0 Å². The highest BCUT2D eigenvalue weighted by molar-refractivity contribution is 6.00. The van der Waals surface area contributed by atoms with Gasteiger partial charge in [-0.05, 0) is 32.1 Å². The summed E-state index contributed by atoms with van der Waals surface area (Å²) in [6.45, 7) is 1.42. The number of nitrogens with zero attached hydrogens (tertiary/aromatic N) is 1. The molecule has 1 aliphatic heterocycles. The number of amides is 2. The second kappa shape index (κ2) is 7.31. The highest BCUT2D eigenvalue weighted by atomic mass is 19.1. The quantitative estimate of drug-likeness (QED) is 0.772. The predicted octanol–water partition coefficient (Wildman–Crippen LogP) is 1.04. The van der Waals surface area contributed by atoms with Gasteiger partial charge in [0, 0.05) is 25.6 Å². The first-order chi connectivity index (χ1) is 10.5. The molecule has 1 aromatic carbocycles. The molecule has 7 heteroatoms. The lowest BCUT2D eigenvalue weighted by Crippen LogP contribution is -2.34. The molecule has 1 fully saturated rings. The molecule has 2 amide bonds. The van der Waals surface area contributed by atoms with Crippen LogP contribution in [0.3, 0.4) is 0 Å². The lowest BCUT2D eigenvalue weighted by atomic mass is 10.1. The van der Waals surface area contributed by atoms with Crippen LogP contribution in [0.1, 0.15) is 12.8 Å². The fourth-order valence-corrected chi connectivity index (χ4v) is 2.44. The normalized spacial score (nSPS) is 17.9.